The molecule has 0 bridgehead atoms. The normalized spacial score (nSPS) is 11.5. The van der Waals surface area contributed by atoms with Crippen molar-refractivity contribution in [3.8, 4) is 11.8 Å². The van der Waals surface area contributed by atoms with Gasteiger partial charge in [0.2, 0.25) is 0 Å². The molecule has 0 spiro atoms. The maximum Gasteiger partial charge on any atom is 0.315 e. The van der Waals surface area contributed by atoms with Crippen molar-refractivity contribution in [2.24, 2.45) is 0 Å². The van der Waals surface area contributed by atoms with E-state index in [1.165, 1.54) is 0 Å². The number of para-hydroxylation sites is 1. The molecule has 8 heteroatoms. The number of nitrogens with one attached hydrogen (secondary N) is 2. The summed E-state index contributed by atoms with van der Waals surface area (Å²) in [5, 5.41) is 20.3. The summed E-state index contributed by atoms with van der Waals surface area (Å²) in [6, 6.07) is 18.5. The first-order valence-corrected chi connectivity index (χ1v) is 10.00. The second-order valence-corrected chi connectivity index (χ2v) is 7.28. The van der Waals surface area contributed by atoms with Crippen molar-refractivity contribution in [3.05, 3.63) is 76.4 Å². The number of carbonyl (C=O) groups excluding carboxylic acids is 1. The maximum atomic E-state index is 12.1. The van der Waals surface area contributed by atoms with E-state index in [1.54, 1.807) is 10.7 Å². The largest absolute Gasteiger partial charge is 0.382 e. The first-order chi connectivity index (χ1) is 14.5. The predicted molar refractivity (Wildman–Crippen MR) is 117 cm³/mol. The van der Waals surface area contributed by atoms with Crippen LogP contribution in [0.3, 0.4) is 0 Å². The molecule has 1 heterocycles. The van der Waals surface area contributed by atoms with Gasteiger partial charge in [-0.1, -0.05) is 41.9 Å². The van der Waals surface area contributed by atoms with Gasteiger partial charge in [0.05, 0.1) is 17.4 Å². The van der Waals surface area contributed by atoms with Crippen molar-refractivity contribution >= 4 is 23.4 Å². The topological polar surface area (TPSA) is 109 Å². The van der Waals surface area contributed by atoms with Crippen LogP contribution in [0.25, 0.3) is 5.69 Å². The number of nitriles is 1. The van der Waals surface area contributed by atoms with Gasteiger partial charge in [0.25, 0.3) is 0 Å². The summed E-state index contributed by atoms with van der Waals surface area (Å²) in [4.78, 5) is 12.1. The predicted octanol–water partition coefficient (Wildman–Crippen LogP) is 3.97. The molecule has 1 unspecified atom stereocenters. The number of hydrogen-bond donors (Lipinski definition) is 3. The Morgan fingerprint density at radius 2 is 2.03 bits per heavy atom. The van der Waals surface area contributed by atoms with Crippen LogP contribution in [0.4, 0.5) is 10.6 Å². The lowest BCUT2D eigenvalue weighted by Crippen LogP contribution is -2.37. The molecule has 4 N–H and O–H groups in total. The summed E-state index contributed by atoms with van der Waals surface area (Å²) in [5.41, 5.74) is 8.83. The molecule has 2 aromatic carbocycles. The quantitative estimate of drug-likeness (QED) is 0.500. The average Bonchev–Trinajstić information content (AvgIpc) is 3.07. The number of amides is 2. The first-order valence-electron chi connectivity index (χ1n) is 9.62. The van der Waals surface area contributed by atoms with Crippen molar-refractivity contribution in [2.75, 3.05) is 12.3 Å². The molecule has 0 saturated heterocycles. The fourth-order valence-corrected chi connectivity index (χ4v) is 3.30. The van der Waals surface area contributed by atoms with E-state index in [0.717, 1.165) is 11.3 Å². The molecule has 0 radical (unpaired) electrons. The summed E-state index contributed by atoms with van der Waals surface area (Å²) in [6.45, 7) is 2.33. The standard InChI is InChI=1S/C22H23ClN6O/c1-15(16-7-5-8-17(23)13-16)27-22(30)26-12-6-11-20-19(14-24)21(25)29(28-20)18-9-3-2-4-10-18/h2-5,7-10,13,15H,6,11-12,25H2,1H3,(H2,26,27,30). The Kier molecular flexibility index (Phi) is 6.94. The minimum atomic E-state index is -0.266. The van der Waals surface area contributed by atoms with E-state index < -0.39 is 0 Å². The third-order valence-corrected chi connectivity index (χ3v) is 4.91. The van der Waals surface area contributed by atoms with Crippen LogP contribution in [0.1, 0.15) is 36.2 Å². The molecule has 0 saturated carbocycles. The highest BCUT2D eigenvalue weighted by atomic mass is 35.5. The molecule has 3 rings (SSSR count). The molecule has 1 atom stereocenters. The molecular weight excluding hydrogens is 400 g/mol. The van der Waals surface area contributed by atoms with Crippen LogP contribution in [0.2, 0.25) is 5.02 Å². The zero-order valence-electron chi connectivity index (χ0n) is 16.6. The lowest BCUT2D eigenvalue weighted by atomic mass is 10.1. The number of aromatic nitrogens is 2. The van der Waals surface area contributed by atoms with Gasteiger partial charge in [0, 0.05) is 11.6 Å². The van der Waals surface area contributed by atoms with E-state index >= 15 is 0 Å². The zero-order chi connectivity index (χ0) is 21.5. The van der Waals surface area contributed by atoms with E-state index in [9.17, 15) is 10.1 Å². The zero-order valence-corrected chi connectivity index (χ0v) is 17.4. The highest BCUT2D eigenvalue weighted by Crippen LogP contribution is 2.21. The molecule has 0 aliphatic heterocycles. The van der Waals surface area contributed by atoms with Gasteiger partial charge in [-0.3, -0.25) is 0 Å². The number of rotatable bonds is 7. The number of aryl methyl sites for hydroxylation is 1. The van der Waals surface area contributed by atoms with Gasteiger partial charge in [0.1, 0.15) is 17.5 Å². The summed E-state index contributed by atoms with van der Waals surface area (Å²) < 4.78 is 1.57. The van der Waals surface area contributed by atoms with Gasteiger partial charge in [-0.15, -0.1) is 0 Å². The number of hydrogen-bond acceptors (Lipinski definition) is 4. The summed E-state index contributed by atoms with van der Waals surface area (Å²) in [5.74, 6) is 0.319. The van der Waals surface area contributed by atoms with Gasteiger partial charge in [-0.05, 0) is 49.6 Å². The van der Waals surface area contributed by atoms with Gasteiger partial charge >= 0.3 is 6.03 Å². The molecule has 30 heavy (non-hydrogen) atoms. The number of halogens is 1. The van der Waals surface area contributed by atoms with Crippen LogP contribution in [-0.2, 0) is 6.42 Å². The van der Waals surface area contributed by atoms with E-state index in [1.807, 2.05) is 55.5 Å². The number of anilines is 1. The molecule has 0 aliphatic carbocycles. The summed E-state index contributed by atoms with van der Waals surface area (Å²) >= 11 is 5.99. The van der Waals surface area contributed by atoms with E-state index in [0.29, 0.717) is 41.5 Å². The number of carbonyl (C=O) groups is 1. The van der Waals surface area contributed by atoms with E-state index in [2.05, 4.69) is 21.8 Å². The monoisotopic (exact) mass is 422 g/mol. The van der Waals surface area contributed by atoms with Crippen molar-refractivity contribution < 1.29 is 4.79 Å². The van der Waals surface area contributed by atoms with Crippen LogP contribution >= 0.6 is 11.6 Å². The summed E-state index contributed by atoms with van der Waals surface area (Å²) in [7, 11) is 0. The molecule has 0 fully saturated rings. The van der Waals surface area contributed by atoms with Gasteiger partial charge < -0.3 is 16.4 Å². The Bertz CT molecular complexity index is 1060. The van der Waals surface area contributed by atoms with Crippen LogP contribution in [0, 0.1) is 11.3 Å². The van der Waals surface area contributed by atoms with Crippen LogP contribution in [-0.4, -0.2) is 22.4 Å². The molecule has 1 aromatic heterocycles. The molecule has 2 amide bonds. The number of nitrogen functional groups attached to an aromatic ring is 1. The number of nitrogens with two attached hydrogens (primary N) is 1. The lowest BCUT2D eigenvalue weighted by molar-refractivity contribution is 0.238. The van der Waals surface area contributed by atoms with Crippen molar-refractivity contribution in [3.63, 3.8) is 0 Å². The molecule has 0 aliphatic rings. The average molecular weight is 423 g/mol. The van der Waals surface area contributed by atoms with Crippen molar-refractivity contribution in [1.29, 1.82) is 5.26 Å². The smallest absolute Gasteiger partial charge is 0.315 e. The van der Waals surface area contributed by atoms with Crippen LogP contribution in [0.5, 0.6) is 0 Å². The first kappa shape index (κ1) is 21.2. The molecule has 7 nitrogen and oxygen atoms in total. The van der Waals surface area contributed by atoms with Crippen LogP contribution in [0.15, 0.2) is 54.6 Å². The maximum absolute atomic E-state index is 12.1. The van der Waals surface area contributed by atoms with Gasteiger partial charge in [-0.25, -0.2) is 9.48 Å². The Balaban J connectivity index is 1.53. The second kappa shape index (κ2) is 9.81. The number of benzene rings is 2. The van der Waals surface area contributed by atoms with Crippen molar-refractivity contribution in [2.45, 2.75) is 25.8 Å². The minimum absolute atomic E-state index is 0.171. The van der Waals surface area contributed by atoms with Crippen LogP contribution < -0.4 is 16.4 Å². The lowest BCUT2D eigenvalue weighted by Gasteiger charge is -2.15. The summed E-state index contributed by atoms with van der Waals surface area (Å²) in [6.07, 6.45) is 1.15. The third kappa shape index (κ3) is 5.10. The SMILES string of the molecule is CC(NC(=O)NCCCc1nn(-c2ccccc2)c(N)c1C#N)c1cccc(Cl)c1. The Hall–Kier alpha value is -3.50. The fraction of sp³-hybridized carbons (Fsp3) is 0.227. The molecule has 3 aromatic rings. The van der Waals surface area contributed by atoms with E-state index in [-0.39, 0.29) is 12.1 Å². The highest BCUT2D eigenvalue weighted by molar-refractivity contribution is 6.30. The third-order valence-electron chi connectivity index (χ3n) is 4.68. The molecule has 154 valence electrons. The van der Waals surface area contributed by atoms with E-state index in [4.69, 9.17) is 17.3 Å². The Morgan fingerprint density at radius 1 is 1.27 bits per heavy atom. The fourth-order valence-electron chi connectivity index (χ4n) is 3.11. The van der Waals surface area contributed by atoms with Gasteiger partial charge in [-0.2, -0.15) is 10.4 Å². The number of urea groups is 1. The number of nitrogens with zero attached hydrogens (tertiary/aromatic N) is 3. The van der Waals surface area contributed by atoms with Gasteiger partial charge in [0.15, 0.2) is 0 Å². The minimum Gasteiger partial charge on any atom is -0.382 e. The molecular formula is C22H23ClN6O. The second-order valence-electron chi connectivity index (χ2n) is 6.85. The Labute approximate surface area is 180 Å². The highest BCUT2D eigenvalue weighted by Gasteiger charge is 2.16. The van der Waals surface area contributed by atoms with Crippen molar-refractivity contribution in [1.82, 2.24) is 20.4 Å². The Morgan fingerprint density at radius 3 is 2.73 bits per heavy atom.